The first-order chi connectivity index (χ1) is 11.5. The van der Waals surface area contributed by atoms with Crippen molar-refractivity contribution in [3.63, 3.8) is 0 Å². The third-order valence-electron chi connectivity index (χ3n) is 3.93. The molecular formula is C15H21N5O4. The van der Waals surface area contributed by atoms with Gasteiger partial charge in [0.05, 0.1) is 12.9 Å². The summed E-state index contributed by atoms with van der Waals surface area (Å²) in [6.07, 6.45) is 0.823. The Balaban J connectivity index is 1.90. The summed E-state index contributed by atoms with van der Waals surface area (Å²) in [6, 6.07) is 0. The number of rotatable bonds is 5. The number of hydrogen-bond donors (Lipinski definition) is 4. The number of anilines is 1. The van der Waals surface area contributed by atoms with Gasteiger partial charge in [-0.3, -0.25) is 4.57 Å². The van der Waals surface area contributed by atoms with Gasteiger partial charge in [0.15, 0.2) is 23.2 Å². The van der Waals surface area contributed by atoms with E-state index in [4.69, 9.17) is 4.74 Å². The number of ether oxygens (including phenoxy) is 1. The maximum atomic E-state index is 10.2. The van der Waals surface area contributed by atoms with Gasteiger partial charge in [-0.15, -0.1) is 0 Å². The van der Waals surface area contributed by atoms with Crippen molar-refractivity contribution in [3.8, 4) is 0 Å². The molecule has 130 valence electrons. The van der Waals surface area contributed by atoms with E-state index < -0.39 is 24.5 Å². The highest BCUT2D eigenvalue weighted by Crippen LogP contribution is 2.31. The Hall–Kier alpha value is -2.07. The van der Waals surface area contributed by atoms with Crippen LogP contribution in [0.5, 0.6) is 0 Å². The highest BCUT2D eigenvalue weighted by atomic mass is 16.6. The first-order valence-corrected chi connectivity index (χ1v) is 7.70. The van der Waals surface area contributed by atoms with Crippen molar-refractivity contribution in [2.24, 2.45) is 0 Å². The number of nitrogens with one attached hydrogen (secondary N) is 1. The Morgan fingerprint density at radius 2 is 2.08 bits per heavy atom. The van der Waals surface area contributed by atoms with Crippen LogP contribution in [0, 0.1) is 0 Å². The lowest BCUT2D eigenvalue weighted by molar-refractivity contribution is -0.0511. The Kier molecular flexibility index (Phi) is 4.76. The molecule has 4 N–H and O–H groups in total. The Labute approximate surface area is 138 Å². The summed E-state index contributed by atoms with van der Waals surface area (Å²) in [5.41, 5.74) is 2.20. The molecule has 3 rings (SSSR count). The Morgan fingerprint density at radius 1 is 1.29 bits per heavy atom. The molecule has 4 atom stereocenters. The van der Waals surface area contributed by atoms with E-state index in [2.05, 4.69) is 20.3 Å². The summed E-state index contributed by atoms with van der Waals surface area (Å²) in [4.78, 5) is 12.7. The third-order valence-corrected chi connectivity index (χ3v) is 3.93. The molecule has 9 nitrogen and oxygen atoms in total. The molecule has 0 bridgehead atoms. The van der Waals surface area contributed by atoms with Crippen molar-refractivity contribution in [1.82, 2.24) is 19.5 Å². The minimum Gasteiger partial charge on any atom is -0.394 e. The maximum Gasteiger partial charge on any atom is 0.167 e. The molecular weight excluding hydrogens is 314 g/mol. The van der Waals surface area contributed by atoms with Gasteiger partial charge in [0.1, 0.15) is 24.6 Å². The molecule has 9 heteroatoms. The SMILES string of the molecule is CC(C)=CCNc1ncnc2c1ncn2[C@H]1O[C@H](CO)[C@H](O)[C@@H]1O. The standard InChI is InChI=1S/C15H21N5O4/c1-8(2)3-4-16-13-10-14(18-6-17-13)20(7-19-10)15-12(23)11(22)9(5-21)24-15/h3,6-7,9,11-12,15,21-23H,4-5H2,1-2H3,(H,16,17,18)/t9-,11+,12+,15+/m1/s1. The highest BCUT2D eigenvalue weighted by molar-refractivity contribution is 5.82. The lowest BCUT2D eigenvalue weighted by Crippen LogP contribution is -2.33. The fraction of sp³-hybridized carbons (Fsp3) is 0.533. The van der Waals surface area contributed by atoms with E-state index in [1.807, 2.05) is 19.9 Å². The molecule has 0 unspecified atom stereocenters. The zero-order valence-corrected chi connectivity index (χ0v) is 13.5. The topological polar surface area (TPSA) is 126 Å². The van der Waals surface area contributed by atoms with E-state index in [1.54, 1.807) is 0 Å². The van der Waals surface area contributed by atoms with Gasteiger partial charge in [0.25, 0.3) is 0 Å². The molecule has 1 aliphatic rings. The molecule has 24 heavy (non-hydrogen) atoms. The van der Waals surface area contributed by atoms with Gasteiger partial charge in [-0.25, -0.2) is 15.0 Å². The normalized spacial score (nSPS) is 26.7. The number of imidazole rings is 1. The molecule has 2 aromatic rings. The van der Waals surface area contributed by atoms with Gasteiger partial charge < -0.3 is 25.4 Å². The van der Waals surface area contributed by atoms with Crippen LogP contribution in [-0.4, -0.2) is 66.3 Å². The van der Waals surface area contributed by atoms with Gasteiger partial charge in [0.2, 0.25) is 0 Å². The first kappa shape index (κ1) is 16.8. The number of nitrogens with zero attached hydrogens (tertiary/aromatic N) is 4. The van der Waals surface area contributed by atoms with Crippen molar-refractivity contribution in [2.45, 2.75) is 38.4 Å². The zero-order chi connectivity index (χ0) is 17.3. The van der Waals surface area contributed by atoms with Crippen LogP contribution in [0.1, 0.15) is 20.1 Å². The van der Waals surface area contributed by atoms with E-state index in [0.717, 1.165) is 0 Å². The third kappa shape index (κ3) is 2.98. The van der Waals surface area contributed by atoms with Crippen molar-refractivity contribution in [3.05, 3.63) is 24.3 Å². The van der Waals surface area contributed by atoms with Crippen LogP contribution in [0.4, 0.5) is 5.82 Å². The summed E-state index contributed by atoms with van der Waals surface area (Å²) in [6.45, 7) is 4.24. The van der Waals surface area contributed by atoms with Gasteiger partial charge in [-0.1, -0.05) is 11.6 Å². The van der Waals surface area contributed by atoms with Crippen LogP contribution in [0.3, 0.4) is 0 Å². The maximum absolute atomic E-state index is 10.2. The minimum atomic E-state index is -1.18. The highest BCUT2D eigenvalue weighted by Gasteiger charge is 2.43. The van der Waals surface area contributed by atoms with Gasteiger partial charge >= 0.3 is 0 Å². The number of aliphatic hydroxyl groups excluding tert-OH is 3. The van der Waals surface area contributed by atoms with Gasteiger partial charge in [0, 0.05) is 6.54 Å². The van der Waals surface area contributed by atoms with Crippen molar-refractivity contribution in [2.75, 3.05) is 18.5 Å². The van der Waals surface area contributed by atoms with E-state index in [0.29, 0.717) is 23.5 Å². The van der Waals surface area contributed by atoms with E-state index in [9.17, 15) is 15.3 Å². The largest absolute Gasteiger partial charge is 0.394 e. The second-order valence-corrected chi connectivity index (χ2v) is 5.94. The van der Waals surface area contributed by atoms with E-state index in [1.165, 1.54) is 22.8 Å². The smallest absolute Gasteiger partial charge is 0.167 e. The molecule has 1 saturated heterocycles. The lowest BCUT2D eigenvalue weighted by atomic mass is 10.1. The summed E-state index contributed by atoms with van der Waals surface area (Å²) in [5.74, 6) is 0.572. The average molecular weight is 335 g/mol. The molecule has 1 fully saturated rings. The average Bonchev–Trinajstić information content (AvgIpc) is 3.10. The molecule has 0 saturated carbocycles. The molecule has 0 amide bonds. The molecule has 0 radical (unpaired) electrons. The predicted octanol–water partition coefficient (Wildman–Crippen LogP) is -0.184. The van der Waals surface area contributed by atoms with Crippen LogP contribution in [0.15, 0.2) is 24.3 Å². The van der Waals surface area contributed by atoms with Crippen molar-refractivity contribution >= 4 is 17.0 Å². The molecule has 3 heterocycles. The monoisotopic (exact) mass is 335 g/mol. The molecule has 2 aromatic heterocycles. The van der Waals surface area contributed by atoms with E-state index >= 15 is 0 Å². The fourth-order valence-corrected chi connectivity index (χ4v) is 2.63. The number of aromatic nitrogens is 4. The first-order valence-electron chi connectivity index (χ1n) is 7.70. The Bertz CT molecular complexity index is 743. The minimum absolute atomic E-state index is 0.383. The molecule has 0 aliphatic carbocycles. The van der Waals surface area contributed by atoms with E-state index in [-0.39, 0.29) is 6.61 Å². The summed E-state index contributed by atoms with van der Waals surface area (Å²) < 4.78 is 7.06. The van der Waals surface area contributed by atoms with Crippen molar-refractivity contribution < 1.29 is 20.1 Å². The summed E-state index contributed by atoms with van der Waals surface area (Å²) >= 11 is 0. The van der Waals surface area contributed by atoms with Crippen LogP contribution < -0.4 is 5.32 Å². The van der Waals surface area contributed by atoms with Crippen molar-refractivity contribution in [1.29, 1.82) is 0 Å². The second kappa shape index (κ2) is 6.81. The number of aliphatic hydroxyl groups is 3. The van der Waals surface area contributed by atoms with Gasteiger partial charge in [-0.2, -0.15) is 0 Å². The second-order valence-electron chi connectivity index (χ2n) is 5.94. The van der Waals surface area contributed by atoms with Crippen LogP contribution in [-0.2, 0) is 4.74 Å². The number of allylic oxidation sites excluding steroid dienone is 1. The lowest BCUT2D eigenvalue weighted by Gasteiger charge is -2.16. The molecule has 0 spiro atoms. The fourth-order valence-electron chi connectivity index (χ4n) is 2.63. The zero-order valence-electron chi connectivity index (χ0n) is 13.5. The Morgan fingerprint density at radius 3 is 2.75 bits per heavy atom. The van der Waals surface area contributed by atoms with Gasteiger partial charge in [-0.05, 0) is 13.8 Å². The number of hydrogen-bond acceptors (Lipinski definition) is 8. The number of fused-ring (bicyclic) bond motifs is 1. The quantitative estimate of drug-likeness (QED) is 0.554. The van der Waals surface area contributed by atoms with Crippen LogP contribution >= 0.6 is 0 Å². The summed E-state index contributed by atoms with van der Waals surface area (Å²) in [5, 5.41) is 32.4. The summed E-state index contributed by atoms with van der Waals surface area (Å²) in [7, 11) is 0. The molecule has 1 aliphatic heterocycles. The van der Waals surface area contributed by atoms with Crippen LogP contribution in [0.2, 0.25) is 0 Å². The predicted molar refractivity (Wildman–Crippen MR) is 86.3 cm³/mol. The van der Waals surface area contributed by atoms with Crippen LogP contribution in [0.25, 0.3) is 11.2 Å². The molecule has 0 aromatic carbocycles.